The average Bonchev–Trinajstić information content (AvgIpc) is 2.75. The van der Waals surface area contributed by atoms with Gasteiger partial charge in [0.1, 0.15) is 6.10 Å². The fourth-order valence-corrected chi connectivity index (χ4v) is 1.36. The fraction of sp³-hybridized carbons (Fsp3) is 0.667. The first kappa shape index (κ1) is 12.9. The van der Waals surface area contributed by atoms with Gasteiger partial charge in [0.15, 0.2) is 5.78 Å². The van der Waals surface area contributed by atoms with Gasteiger partial charge in [-0.25, -0.2) is 0 Å². The van der Waals surface area contributed by atoms with Crippen molar-refractivity contribution in [3.8, 4) is 0 Å². The first-order chi connectivity index (χ1) is 7.58. The van der Waals surface area contributed by atoms with Gasteiger partial charge in [-0.3, -0.25) is 9.48 Å². The molecule has 0 aliphatic heterocycles. The quantitative estimate of drug-likeness (QED) is 0.742. The maximum Gasteiger partial charge on any atom is 0.167 e. The topological polar surface area (TPSA) is 44.1 Å². The second-order valence-corrected chi connectivity index (χ2v) is 4.07. The molecule has 1 rings (SSSR count). The van der Waals surface area contributed by atoms with Gasteiger partial charge in [-0.15, -0.1) is 0 Å². The van der Waals surface area contributed by atoms with Crippen LogP contribution in [0.5, 0.6) is 0 Å². The number of carbonyl (C=O) groups excluding carboxylic acids is 1. The minimum Gasteiger partial charge on any atom is -0.374 e. The molecule has 1 aromatic rings. The summed E-state index contributed by atoms with van der Waals surface area (Å²) in [6.45, 7) is 5.98. The van der Waals surface area contributed by atoms with Gasteiger partial charge < -0.3 is 4.74 Å². The van der Waals surface area contributed by atoms with E-state index in [9.17, 15) is 4.79 Å². The lowest BCUT2D eigenvalue weighted by Gasteiger charge is -2.08. The van der Waals surface area contributed by atoms with Gasteiger partial charge in [0.2, 0.25) is 0 Å². The Morgan fingerprint density at radius 1 is 1.56 bits per heavy atom. The van der Waals surface area contributed by atoms with E-state index in [1.807, 2.05) is 16.9 Å². The molecule has 0 spiro atoms. The minimum atomic E-state index is -0.353. The number of rotatable bonds is 6. The number of ketones is 1. The molecule has 4 heteroatoms. The van der Waals surface area contributed by atoms with Crippen LogP contribution in [0.1, 0.15) is 38.9 Å². The molecule has 0 amide bonds. The average molecular weight is 224 g/mol. The Morgan fingerprint density at radius 2 is 2.25 bits per heavy atom. The lowest BCUT2D eigenvalue weighted by molar-refractivity contribution is -0.127. The number of Topliss-reactive ketones (excluding diaryl/α,β-unsaturated/α-hetero) is 1. The van der Waals surface area contributed by atoms with Crippen LogP contribution in [0.2, 0.25) is 0 Å². The van der Waals surface area contributed by atoms with Gasteiger partial charge in [-0.1, -0.05) is 6.92 Å². The van der Waals surface area contributed by atoms with Crippen molar-refractivity contribution in [3.63, 3.8) is 0 Å². The molecule has 4 nitrogen and oxygen atoms in total. The molecular formula is C12H20N2O2. The Balaban J connectivity index is 2.62. The predicted molar refractivity (Wildman–Crippen MR) is 62.4 cm³/mol. The zero-order chi connectivity index (χ0) is 12.1. The summed E-state index contributed by atoms with van der Waals surface area (Å²) in [6.07, 6.45) is 2.95. The van der Waals surface area contributed by atoms with Gasteiger partial charge in [-0.05, 0) is 26.3 Å². The van der Waals surface area contributed by atoms with Crippen LogP contribution in [0, 0.1) is 0 Å². The Labute approximate surface area is 96.6 Å². The van der Waals surface area contributed by atoms with Crippen molar-refractivity contribution in [2.75, 3.05) is 7.11 Å². The number of carbonyl (C=O) groups is 1. The molecule has 2 atom stereocenters. The Kier molecular flexibility index (Phi) is 4.68. The normalized spacial score (nSPS) is 14.8. The summed E-state index contributed by atoms with van der Waals surface area (Å²) < 4.78 is 6.88. The molecule has 0 N–H and O–H groups in total. The summed E-state index contributed by atoms with van der Waals surface area (Å²) in [5.74, 6) is 0.0666. The second kappa shape index (κ2) is 5.80. The Bertz CT molecular complexity index is 347. The Hall–Kier alpha value is -1.16. The van der Waals surface area contributed by atoms with Crippen molar-refractivity contribution >= 4 is 5.78 Å². The largest absolute Gasteiger partial charge is 0.374 e. The molecule has 90 valence electrons. The summed E-state index contributed by atoms with van der Waals surface area (Å²) in [5.41, 5.74) is 0.814. The van der Waals surface area contributed by atoms with E-state index in [1.54, 1.807) is 14.0 Å². The minimum absolute atomic E-state index is 0.0666. The predicted octanol–water partition coefficient (Wildman–Crippen LogP) is 2.00. The number of aromatic nitrogens is 2. The second-order valence-electron chi connectivity index (χ2n) is 4.07. The van der Waals surface area contributed by atoms with Crippen LogP contribution in [0.25, 0.3) is 0 Å². The van der Waals surface area contributed by atoms with Crippen LogP contribution >= 0.6 is 0 Å². The molecule has 1 heterocycles. The number of hydrogen-bond donors (Lipinski definition) is 0. The first-order valence-corrected chi connectivity index (χ1v) is 5.68. The Morgan fingerprint density at radius 3 is 2.81 bits per heavy atom. The van der Waals surface area contributed by atoms with Crippen molar-refractivity contribution in [1.82, 2.24) is 9.78 Å². The molecule has 0 aliphatic rings. The summed E-state index contributed by atoms with van der Waals surface area (Å²) in [5, 5.41) is 4.38. The third-order valence-electron chi connectivity index (χ3n) is 2.87. The van der Waals surface area contributed by atoms with Crippen LogP contribution < -0.4 is 0 Å². The molecule has 2 unspecified atom stereocenters. The maximum atomic E-state index is 11.6. The van der Waals surface area contributed by atoms with E-state index in [2.05, 4.69) is 18.9 Å². The smallest absolute Gasteiger partial charge is 0.167 e. The highest BCUT2D eigenvalue weighted by Crippen LogP contribution is 2.10. The van der Waals surface area contributed by atoms with Crippen molar-refractivity contribution in [1.29, 1.82) is 0 Å². The fourth-order valence-electron chi connectivity index (χ4n) is 1.36. The molecule has 0 aromatic carbocycles. The van der Waals surface area contributed by atoms with E-state index >= 15 is 0 Å². The lowest BCUT2D eigenvalue weighted by atomic mass is 10.1. The van der Waals surface area contributed by atoms with Crippen LogP contribution in [-0.4, -0.2) is 28.8 Å². The zero-order valence-electron chi connectivity index (χ0n) is 10.4. The van der Waals surface area contributed by atoms with E-state index in [4.69, 9.17) is 4.74 Å². The van der Waals surface area contributed by atoms with Gasteiger partial charge >= 0.3 is 0 Å². The molecule has 0 aliphatic carbocycles. The van der Waals surface area contributed by atoms with E-state index in [-0.39, 0.29) is 11.9 Å². The third kappa shape index (κ3) is 3.17. The zero-order valence-corrected chi connectivity index (χ0v) is 10.4. The summed E-state index contributed by atoms with van der Waals surface area (Å²) >= 11 is 0. The van der Waals surface area contributed by atoms with Crippen LogP contribution in [0.4, 0.5) is 0 Å². The van der Waals surface area contributed by atoms with Gasteiger partial charge in [0, 0.05) is 19.3 Å². The molecule has 0 fully saturated rings. The SMILES string of the molecule is CCC(C)n1ccc(CC(=O)C(C)OC)n1. The highest BCUT2D eigenvalue weighted by atomic mass is 16.5. The van der Waals surface area contributed by atoms with E-state index in [0.717, 1.165) is 12.1 Å². The molecule has 1 aromatic heterocycles. The monoisotopic (exact) mass is 224 g/mol. The molecular weight excluding hydrogens is 204 g/mol. The highest BCUT2D eigenvalue weighted by molar-refractivity contribution is 5.84. The van der Waals surface area contributed by atoms with Gasteiger partial charge in [-0.2, -0.15) is 5.10 Å². The summed E-state index contributed by atoms with van der Waals surface area (Å²) in [7, 11) is 1.54. The van der Waals surface area contributed by atoms with Crippen LogP contribution in [-0.2, 0) is 16.0 Å². The number of ether oxygens (including phenoxy) is 1. The first-order valence-electron chi connectivity index (χ1n) is 5.68. The standard InChI is InChI=1S/C12H20N2O2/c1-5-9(2)14-7-6-11(13-14)8-12(15)10(3)16-4/h6-7,9-10H,5,8H2,1-4H3. The molecule has 0 radical (unpaired) electrons. The van der Waals surface area contributed by atoms with E-state index < -0.39 is 0 Å². The number of methoxy groups -OCH3 is 1. The number of nitrogens with zero attached hydrogens (tertiary/aromatic N) is 2. The molecule has 0 saturated heterocycles. The maximum absolute atomic E-state index is 11.6. The molecule has 16 heavy (non-hydrogen) atoms. The summed E-state index contributed by atoms with van der Waals surface area (Å²) in [4.78, 5) is 11.6. The van der Waals surface area contributed by atoms with E-state index in [0.29, 0.717) is 12.5 Å². The van der Waals surface area contributed by atoms with Crippen molar-refractivity contribution in [2.45, 2.75) is 45.8 Å². The molecule has 0 bridgehead atoms. The number of hydrogen-bond acceptors (Lipinski definition) is 3. The van der Waals surface area contributed by atoms with Gasteiger partial charge in [0.25, 0.3) is 0 Å². The van der Waals surface area contributed by atoms with Crippen molar-refractivity contribution < 1.29 is 9.53 Å². The lowest BCUT2D eigenvalue weighted by Crippen LogP contribution is -2.21. The molecule has 0 saturated carbocycles. The van der Waals surface area contributed by atoms with Crippen molar-refractivity contribution in [3.05, 3.63) is 18.0 Å². The van der Waals surface area contributed by atoms with E-state index in [1.165, 1.54) is 0 Å². The summed E-state index contributed by atoms with van der Waals surface area (Å²) in [6, 6.07) is 2.27. The van der Waals surface area contributed by atoms with Gasteiger partial charge in [0.05, 0.1) is 12.1 Å². The van der Waals surface area contributed by atoms with Crippen LogP contribution in [0.15, 0.2) is 12.3 Å². The highest BCUT2D eigenvalue weighted by Gasteiger charge is 2.14. The van der Waals surface area contributed by atoms with Crippen molar-refractivity contribution in [2.24, 2.45) is 0 Å². The van der Waals surface area contributed by atoms with Crippen LogP contribution in [0.3, 0.4) is 0 Å². The third-order valence-corrected chi connectivity index (χ3v) is 2.87.